The molecule has 2 heterocycles. The van der Waals surface area contributed by atoms with E-state index in [4.69, 9.17) is 4.42 Å². The van der Waals surface area contributed by atoms with Gasteiger partial charge in [0, 0.05) is 18.6 Å². The molecule has 90 valence electrons. The van der Waals surface area contributed by atoms with Crippen LogP contribution >= 0.6 is 0 Å². The molecule has 0 bridgehead atoms. The molecule has 0 aliphatic carbocycles. The molecule has 0 aromatic carbocycles. The van der Waals surface area contributed by atoms with Crippen LogP contribution in [0.2, 0.25) is 0 Å². The summed E-state index contributed by atoms with van der Waals surface area (Å²) in [6.07, 6.45) is 4.38. The van der Waals surface area contributed by atoms with Gasteiger partial charge in [0.15, 0.2) is 0 Å². The lowest BCUT2D eigenvalue weighted by Gasteiger charge is -2.28. The summed E-state index contributed by atoms with van der Waals surface area (Å²) in [7, 11) is 0. The minimum absolute atomic E-state index is 0.562. The third-order valence-electron chi connectivity index (χ3n) is 3.29. The quantitative estimate of drug-likeness (QED) is 0.828. The highest BCUT2D eigenvalue weighted by molar-refractivity contribution is 4.98. The number of nitrogens with zero attached hydrogens (tertiary/aromatic N) is 1. The molecule has 1 aliphatic heterocycles. The molecule has 16 heavy (non-hydrogen) atoms. The zero-order valence-electron chi connectivity index (χ0n) is 10.3. The highest BCUT2D eigenvalue weighted by atomic mass is 16.3. The Morgan fingerprint density at radius 2 is 2.44 bits per heavy atom. The Bertz CT molecular complexity index is 289. The van der Waals surface area contributed by atoms with Crippen LogP contribution in [-0.4, -0.2) is 30.1 Å². The molecule has 1 unspecified atom stereocenters. The molecule has 1 N–H and O–H groups in total. The van der Waals surface area contributed by atoms with Gasteiger partial charge in [0.2, 0.25) is 0 Å². The Morgan fingerprint density at radius 3 is 3.00 bits per heavy atom. The van der Waals surface area contributed by atoms with Gasteiger partial charge >= 0.3 is 0 Å². The highest BCUT2D eigenvalue weighted by Crippen LogP contribution is 2.13. The van der Waals surface area contributed by atoms with Gasteiger partial charge in [-0.1, -0.05) is 0 Å². The van der Waals surface area contributed by atoms with Crippen LogP contribution in [0.15, 0.2) is 22.8 Å². The van der Waals surface area contributed by atoms with Crippen molar-refractivity contribution in [2.75, 3.05) is 13.1 Å². The van der Waals surface area contributed by atoms with Gasteiger partial charge in [-0.15, -0.1) is 0 Å². The zero-order valence-corrected chi connectivity index (χ0v) is 10.3. The predicted octanol–water partition coefficient (Wildman–Crippen LogP) is 2.24. The smallest absolute Gasteiger partial charge is 0.117 e. The van der Waals surface area contributed by atoms with Crippen molar-refractivity contribution in [1.82, 2.24) is 10.2 Å². The highest BCUT2D eigenvalue weighted by Gasteiger charge is 2.20. The number of hydrogen-bond acceptors (Lipinski definition) is 3. The Kier molecular flexibility index (Phi) is 4.02. The van der Waals surface area contributed by atoms with Crippen LogP contribution in [0.1, 0.15) is 32.4 Å². The summed E-state index contributed by atoms with van der Waals surface area (Å²) in [4.78, 5) is 2.47. The second-order valence-corrected chi connectivity index (χ2v) is 4.90. The van der Waals surface area contributed by atoms with E-state index in [9.17, 15) is 0 Å². The summed E-state index contributed by atoms with van der Waals surface area (Å²) in [6.45, 7) is 7.72. The molecule has 0 radical (unpaired) electrons. The van der Waals surface area contributed by atoms with Crippen molar-refractivity contribution < 1.29 is 4.42 Å². The van der Waals surface area contributed by atoms with Crippen molar-refractivity contribution in [3.8, 4) is 0 Å². The van der Waals surface area contributed by atoms with Gasteiger partial charge in [-0.3, -0.25) is 4.90 Å². The summed E-state index contributed by atoms with van der Waals surface area (Å²) < 4.78 is 5.42. The van der Waals surface area contributed by atoms with Crippen molar-refractivity contribution in [1.29, 1.82) is 0 Å². The van der Waals surface area contributed by atoms with Crippen LogP contribution in [-0.2, 0) is 6.54 Å². The summed E-state index contributed by atoms with van der Waals surface area (Å²) in [5, 5.41) is 3.55. The van der Waals surface area contributed by atoms with Crippen molar-refractivity contribution in [2.45, 2.75) is 45.3 Å². The first-order valence-corrected chi connectivity index (χ1v) is 6.25. The van der Waals surface area contributed by atoms with Gasteiger partial charge in [-0.05, 0) is 45.4 Å². The van der Waals surface area contributed by atoms with E-state index in [0.29, 0.717) is 12.1 Å². The minimum atomic E-state index is 0.562. The van der Waals surface area contributed by atoms with E-state index in [0.717, 1.165) is 18.8 Å². The number of rotatable bonds is 5. The summed E-state index contributed by atoms with van der Waals surface area (Å²) >= 11 is 0. The minimum Gasteiger partial charge on any atom is -0.468 e. The van der Waals surface area contributed by atoms with E-state index < -0.39 is 0 Å². The molecule has 1 aromatic heterocycles. The van der Waals surface area contributed by atoms with Crippen molar-refractivity contribution in [3.05, 3.63) is 24.2 Å². The molecule has 3 nitrogen and oxygen atoms in total. The molecule has 0 spiro atoms. The molecule has 1 aliphatic rings. The lowest BCUT2D eigenvalue weighted by atomic mass is 10.2. The van der Waals surface area contributed by atoms with Gasteiger partial charge in [0.1, 0.15) is 5.76 Å². The van der Waals surface area contributed by atoms with Gasteiger partial charge in [-0.25, -0.2) is 0 Å². The lowest BCUT2D eigenvalue weighted by molar-refractivity contribution is 0.180. The van der Waals surface area contributed by atoms with E-state index in [-0.39, 0.29) is 0 Å². The van der Waals surface area contributed by atoms with E-state index in [1.807, 2.05) is 6.07 Å². The Hall–Kier alpha value is -0.800. The first kappa shape index (κ1) is 11.7. The maximum absolute atomic E-state index is 5.42. The van der Waals surface area contributed by atoms with Crippen LogP contribution in [0.4, 0.5) is 0 Å². The number of hydrogen-bond donors (Lipinski definition) is 1. The topological polar surface area (TPSA) is 28.4 Å². The summed E-state index contributed by atoms with van der Waals surface area (Å²) in [5.41, 5.74) is 0. The Morgan fingerprint density at radius 1 is 1.56 bits per heavy atom. The second-order valence-electron chi connectivity index (χ2n) is 4.90. The Balaban J connectivity index is 1.89. The van der Waals surface area contributed by atoms with Crippen LogP contribution in [0.5, 0.6) is 0 Å². The van der Waals surface area contributed by atoms with Gasteiger partial charge in [0.05, 0.1) is 12.8 Å². The van der Waals surface area contributed by atoms with Gasteiger partial charge < -0.3 is 9.73 Å². The van der Waals surface area contributed by atoms with Crippen molar-refractivity contribution in [3.63, 3.8) is 0 Å². The average Bonchev–Trinajstić information content (AvgIpc) is 2.88. The van der Waals surface area contributed by atoms with E-state index >= 15 is 0 Å². The van der Waals surface area contributed by atoms with Gasteiger partial charge in [-0.2, -0.15) is 0 Å². The molecule has 0 amide bonds. The van der Waals surface area contributed by atoms with E-state index in [2.05, 4.69) is 30.1 Å². The Labute approximate surface area is 97.8 Å². The average molecular weight is 222 g/mol. The number of nitrogens with one attached hydrogen (secondary N) is 1. The fraction of sp³-hybridized carbons (Fsp3) is 0.692. The maximum Gasteiger partial charge on any atom is 0.117 e. The number of furan rings is 1. The fourth-order valence-electron chi connectivity index (χ4n) is 2.26. The summed E-state index contributed by atoms with van der Waals surface area (Å²) in [6, 6.07) is 5.24. The van der Waals surface area contributed by atoms with Crippen LogP contribution in [0.25, 0.3) is 0 Å². The SMILES string of the molecule is CC(C)N(Cc1ccco1)CC1CCCN1. The molecule has 1 aromatic rings. The molecule has 0 saturated carbocycles. The molecule has 3 heteroatoms. The standard InChI is InChI=1S/C13H22N2O/c1-11(2)15(9-12-5-3-7-14-12)10-13-6-4-8-16-13/h4,6,8,11-12,14H,3,5,7,9-10H2,1-2H3. The molecular formula is C13H22N2O. The van der Waals surface area contributed by atoms with E-state index in [1.54, 1.807) is 6.26 Å². The molecule has 1 fully saturated rings. The maximum atomic E-state index is 5.42. The zero-order chi connectivity index (χ0) is 11.4. The molecule has 1 atom stereocenters. The van der Waals surface area contributed by atoms with Crippen LogP contribution in [0.3, 0.4) is 0 Å². The monoisotopic (exact) mass is 222 g/mol. The van der Waals surface area contributed by atoms with Crippen molar-refractivity contribution in [2.24, 2.45) is 0 Å². The van der Waals surface area contributed by atoms with E-state index in [1.165, 1.54) is 19.4 Å². The lowest BCUT2D eigenvalue weighted by Crippen LogP contribution is -2.40. The predicted molar refractivity (Wildman–Crippen MR) is 65.3 cm³/mol. The molecular weight excluding hydrogens is 200 g/mol. The fourth-order valence-corrected chi connectivity index (χ4v) is 2.26. The molecule has 2 rings (SSSR count). The second kappa shape index (κ2) is 5.51. The van der Waals surface area contributed by atoms with Crippen LogP contribution in [0, 0.1) is 0 Å². The van der Waals surface area contributed by atoms with Crippen molar-refractivity contribution >= 4 is 0 Å². The van der Waals surface area contributed by atoms with Crippen LogP contribution < -0.4 is 5.32 Å². The first-order valence-electron chi connectivity index (χ1n) is 6.25. The van der Waals surface area contributed by atoms with Gasteiger partial charge in [0.25, 0.3) is 0 Å². The first-order chi connectivity index (χ1) is 7.75. The largest absolute Gasteiger partial charge is 0.468 e. The summed E-state index contributed by atoms with van der Waals surface area (Å²) in [5.74, 6) is 1.06. The third kappa shape index (κ3) is 3.09. The third-order valence-corrected chi connectivity index (χ3v) is 3.29. The normalized spacial score (nSPS) is 21.1. The molecule has 1 saturated heterocycles.